The van der Waals surface area contributed by atoms with Crippen LogP contribution in [-0.2, 0) is 24.4 Å². The molecule has 0 spiro atoms. The van der Waals surface area contributed by atoms with E-state index in [0.29, 0.717) is 25.8 Å². The molecule has 1 fully saturated rings. The number of amides is 1. The van der Waals surface area contributed by atoms with E-state index in [4.69, 9.17) is 4.52 Å². The third-order valence-electron chi connectivity index (χ3n) is 6.40. The molecule has 9 heteroatoms. The van der Waals surface area contributed by atoms with Crippen LogP contribution < -0.4 is 0 Å². The third kappa shape index (κ3) is 5.49. The highest BCUT2D eigenvalue weighted by atomic mass is 19.4. The molecule has 1 aromatic heterocycles. The van der Waals surface area contributed by atoms with Crippen LogP contribution in [0.5, 0.6) is 0 Å². The van der Waals surface area contributed by atoms with Gasteiger partial charge in [-0.1, -0.05) is 62.3 Å². The van der Waals surface area contributed by atoms with Crippen molar-refractivity contribution in [1.29, 1.82) is 0 Å². The average molecular weight is 488 g/mol. The van der Waals surface area contributed by atoms with Crippen LogP contribution in [0, 0.1) is 0 Å². The molecule has 0 radical (unpaired) electrons. The topological polar surface area (TPSA) is 79.5 Å². The molecule has 1 aliphatic rings. The third-order valence-corrected chi connectivity index (χ3v) is 6.40. The van der Waals surface area contributed by atoms with Crippen molar-refractivity contribution in [1.82, 2.24) is 15.0 Å². The van der Waals surface area contributed by atoms with Gasteiger partial charge >= 0.3 is 12.3 Å². The Morgan fingerprint density at radius 1 is 1.11 bits per heavy atom. The first kappa shape index (κ1) is 24.8. The summed E-state index contributed by atoms with van der Waals surface area (Å²) >= 11 is 0. The van der Waals surface area contributed by atoms with E-state index in [1.807, 2.05) is 24.3 Å². The monoisotopic (exact) mass is 487 g/mol. The van der Waals surface area contributed by atoms with Crippen molar-refractivity contribution in [3.05, 3.63) is 70.6 Å². The highest BCUT2D eigenvalue weighted by Crippen LogP contribution is 2.36. The van der Waals surface area contributed by atoms with E-state index >= 15 is 0 Å². The van der Waals surface area contributed by atoms with Crippen LogP contribution in [0.2, 0.25) is 0 Å². The molecular weight excluding hydrogens is 459 g/mol. The van der Waals surface area contributed by atoms with Gasteiger partial charge in [-0.2, -0.15) is 18.2 Å². The molecule has 1 N–H and O–H groups in total. The van der Waals surface area contributed by atoms with Crippen LogP contribution in [0.15, 0.2) is 47.0 Å². The summed E-state index contributed by atoms with van der Waals surface area (Å²) in [5.74, 6) is 0.100. The molecular formula is C26H28F3N3O3. The van der Waals surface area contributed by atoms with E-state index in [1.165, 1.54) is 16.5 Å². The van der Waals surface area contributed by atoms with Gasteiger partial charge in [-0.15, -0.1) is 0 Å². The molecule has 0 saturated carbocycles. The van der Waals surface area contributed by atoms with Gasteiger partial charge in [0.15, 0.2) is 0 Å². The van der Waals surface area contributed by atoms with E-state index in [1.54, 1.807) is 6.07 Å². The summed E-state index contributed by atoms with van der Waals surface area (Å²) in [7, 11) is 0. The molecule has 4 rings (SSSR count). The smallest absolute Gasteiger partial charge is 0.416 e. The summed E-state index contributed by atoms with van der Waals surface area (Å²) in [4.78, 5) is 16.8. The number of likely N-dealkylation sites (tertiary alicyclic amines) is 1. The van der Waals surface area contributed by atoms with Gasteiger partial charge in [0.25, 0.3) is 0 Å². The van der Waals surface area contributed by atoms with Crippen LogP contribution in [-0.4, -0.2) is 32.8 Å². The maximum absolute atomic E-state index is 13.9. The zero-order valence-electron chi connectivity index (χ0n) is 19.9. The van der Waals surface area contributed by atoms with Crippen molar-refractivity contribution in [2.24, 2.45) is 0 Å². The van der Waals surface area contributed by atoms with Gasteiger partial charge in [-0.3, -0.25) is 4.90 Å². The van der Waals surface area contributed by atoms with E-state index in [9.17, 15) is 23.1 Å². The van der Waals surface area contributed by atoms with Gasteiger partial charge in [0.05, 0.1) is 5.56 Å². The first-order valence-corrected chi connectivity index (χ1v) is 11.6. The fourth-order valence-electron chi connectivity index (χ4n) is 4.39. The van der Waals surface area contributed by atoms with Crippen LogP contribution in [0.25, 0.3) is 11.4 Å². The number of hydrogen-bond donors (Lipinski definition) is 1. The predicted molar refractivity (Wildman–Crippen MR) is 124 cm³/mol. The first-order valence-electron chi connectivity index (χ1n) is 11.6. The summed E-state index contributed by atoms with van der Waals surface area (Å²) in [5.41, 5.74) is 1.78. The number of nitrogens with zero attached hydrogens (tertiary/aromatic N) is 3. The van der Waals surface area contributed by atoms with E-state index in [2.05, 4.69) is 30.9 Å². The lowest BCUT2D eigenvalue weighted by molar-refractivity contribution is -0.138. The number of benzene rings is 2. The molecule has 0 bridgehead atoms. The summed E-state index contributed by atoms with van der Waals surface area (Å²) in [6, 6.07) is 11.4. The zero-order valence-corrected chi connectivity index (χ0v) is 19.9. The van der Waals surface area contributed by atoms with E-state index < -0.39 is 23.9 Å². The molecule has 3 aromatic rings. The number of rotatable bonds is 5. The van der Waals surface area contributed by atoms with Crippen LogP contribution in [0.4, 0.5) is 18.0 Å². The SMILES string of the molecule is CC(C)(C)c1ccc(CCc2ccc(-c3noc([C@@H]4CCCN4C(=O)O)n3)cc2C(F)(F)F)cc1. The largest absolute Gasteiger partial charge is 0.465 e. The van der Waals surface area contributed by atoms with Crippen LogP contribution in [0.1, 0.15) is 67.8 Å². The standard InChI is InChI=1S/C26H28F3N3O3/c1-25(2,3)19-12-7-16(8-13-19)6-9-17-10-11-18(15-20(17)26(27,28)29)22-30-23(35-31-22)21-5-4-14-32(21)24(33)34/h7-8,10-13,15,21H,4-6,9,14H2,1-3H3,(H,33,34)/t21-/m0/s1. The number of alkyl halides is 3. The highest BCUT2D eigenvalue weighted by molar-refractivity contribution is 5.66. The van der Waals surface area contributed by atoms with Crippen molar-refractivity contribution in [2.45, 2.75) is 64.1 Å². The minimum atomic E-state index is -4.54. The lowest BCUT2D eigenvalue weighted by Gasteiger charge is -2.19. The predicted octanol–water partition coefficient (Wildman–Crippen LogP) is 6.65. The molecule has 2 aromatic carbocycles. The second-order valence-electron chi connectivity index (χ2n) is 9.91. The molecule has 1 atom stereocenters. The first-order chi connectivity index (χ1) is 16.4. The number of carbonyl (C=O) groups is 1. The quantitative estimate of drug-likeness (QED) is 0.436. The van der Waals surface area contributed by atoms with Crippen LogP contribution in [0.3, 0.4) is 0 Å². The highest BCUT2D eigenvalue weighted by Gasteiger charge is 2.36. The van der Waals surface area contributed by atoms with E-state index in [0.717, 1.165) is 11.6 Å². The molecule has 1 aliphatic heterocycles. The summed E-state index contributed by atoms with van der Waals surface area (Å²) in [5, 5.41) is 13.1. The Bertz CT molecular complexity index is 1200. The Morgan fingerprint density at radius 2 is 1.83 bits per heavy atom. The molecule has 1 saturated heterocycles. The Hall–Kier alpha value is -3.36. The minimum Gasteiger partial charge on any atom is -0.465 e. The number of halogens is 3. The Balaban J connectivity index is 1.55. The number of aromatic nitrogens is 2. The lowest BCUT2D eigenvalue weighted by atomic mass is 9.86. The van der Waals surface area contributed by atoms with Gasteiger partial charge in [0.2, 0.25) is 11.7 Å². The van der Waals surface area contributed by atoms with Gasteiger partial charge in [0.1, 0.15) is 6.04 Å². The fraction of sp³-hybridized carbons (Fsp3) is 0.423. The second-order valence-corrected chi connectivity index (χ2v) is 9.91. The maximum atomic E-state index is 13.9. The summed E-state index contributed by atoms with van der Waals surface area (Å²) < 4.78 is 47.0. The number of carboxylic acid groups (broad SMARTS) is 1. The lowest BCUT2D eigenvalue weighted by Crippen LogP contribution is -2.28. The molecule has 2 heterocycles. The van der Waals surface area contributed by atoms with Crippen LogP contribution >= 0.6 is 0 Å². The average Bonchev–Trinajstić information content (AvgIpc) is 3.46. The van der Waals surface area contributed by atoms with Gasteiger partial charge in [0, 0.05) is 12.1 Å². The second kappa shape index (κ2) is 9.36. The molecule has 186 valence electrons. The van der Waals surface area contributed by atoms with Crippen molar-refractivity contribution >= 4 is 6.09 Å². The molecule has 6 nitrogen and oxygen atoms in total. The van der Waals surface area contributed by atoms with Gasteiger partial charge in [-0.05, 0) is 53.9 Å². The van der Waals surface area contributed by atoms with Gasteiger partial charge < -0.3 is 9.63 Å². The van der Waals surface area contributed by atoms with Gasteiger partial charge in [-0.25, -0.2) is 4.79 Å². The molecule has 0 unspecified atom stereocenters. The summed E-state index contributed by atoms with van der Waals surface area (Å²) in [6.45, 7) is 6.69. The fourth-order valence-corrected chi connectivity index (χ4v) is 4.39. The number of aryl methyl sites for hydroxylation is 2. The zero-order chi connectivity index (χ0) is 25.4. The van der Waals surface area contributed by atoms with Crippen molar-refractivity contribution in [3.63, 3.8) is 0 Å². The molecule has 0 aliphatic carbocycles. The Morgan fingerprint density at radius 3 is 2.46 bits per heavy atom. The van der Waals surface area contributed by atoms with E-state index in [-0.39, 0.29) is 34.7 Å². The Kier molecular flexibility index (Phi) is 6.62. The molecule has 35 heavy (non-hydrogen) atoms. The molecule has 1 amide bonds. The summed E-state index contributed by atoms with van der Waals surface area (Å²) in [6.07, 6.45) is -3.75. The normalized spacial score (nSPS) is 16.6. The Labute approximate surface area is 201 Å². The number of hydrogen-bond acceptors (Lipinski definition) is 4. The van der Waals surface area contributed by atoms with Crippen molar-refractivity contribution < 1.29 is 27.6 Å². The minimum absolute atomic E-state index is 0.00654. The van der Waals surface area contributed by atoms with Crippen molar-refractivity contribution in [3.8, 4) is 11.4 Å². The van der Waals surface area contributed by atoms with Crippen molar-refractivity contribution in [2.75, 3.05) is 6.54 Å². The maximum Gasteiger partial charge on any atom is 0.416 e.